The van der Waals surface area contributed by atoms with Gasteiger partial charge >= 0.3 is 0 Å². The summed E-state index contributed by atoms with van der Waals surface area (Å²) in [6.07, 6.45) is 1.03. The fourth-order valence-corrected chi connectivity index (χ4v) is 3.98. The van der Waals surface area contributed by atoms with Gasteiger partial charge in [0.2, 0.25) is 0 Å². The van der Waals surface area contributed by atoms with Gasteiger partial charge in [-0.1, -0.05) is 54.6 Å². The van der Waals surface area contributed by atoms with E-state index in [0.717, 1.165) is 18.7 Å². The van der Waals surface area contributed by atoms with Crippen LogP contribution in [0.1, 0.15) is 41.3 Å². The molecule has 0 unspecified atom stereocenters. The van der Waals surface area contributed by atoms with Crippen LogP contribution in [0, 0.1) is 0 Å². The zero-order valence-electron chi connectivity index (χ0n) is 14.8. The van der Waals surface area contributed by atoms with E-state index in [1.165, 1.54) is 16.0 Å². The maximum Gasteiger partial charge on any atom is 0.122 e. The van der Waals surface area contributed by atoms with Crippen molar-refractivity contribution in [3.8, 4) is 5.75 Å². The summed E-state index contributed by atoms with van der Waals surface area (Å²) in [7, 11) is 1.75. The predicted molar refractivity (Wildman–Crippen MR) is 107 cm³/mol. The van der Waals surface area contributed by atoms with E-state index in [0.29, 0.717) is 12.0 Å². The van der Waals surface area contributed by atoms with Crippen molar-refractivity contribution in [1.82, 2.24) is 5.32 Å². The van der Waals surface area contributed by atoms with Gasteiger partial charge in [0.15, 0.2) is 0 Å². The van der Waals surface area contributed by atoms with Crippen LogP contribution in [0.5, 0.6) is 5.75 Å². The third-order valence-corrected chi connectivity index (χ3v) is 5.62. The lowest BCUT2D eigenvalue weighted by atomic mass is 9.88. The fourth-order valence-electron chi connectivity index (χ4n) is 3.22. The highest BCUT2D eigenvalue weighted by molar-refractivity contribution is 7.10. The van der Waals surface area contributed by atoms with Crippen molar-refractivity contribution in [3.63, 3.8) is 0 Å². The molecule has 0 radical (unpaired) electrons. The fraction of sp³-hybridized carbons (Fsp3) is 0.273. The number of rotatable bonds is 8. The molecule has 0 bridgehead atoms. The van der Waals surface area contributed by atoms with Gasteiger partial charge in [-0.05, 0) is 43.0 Å². The van der Waals surface area contributed by atoms with Gasteiger partial charge in [0.1, 0.15) is 5.75 Å². The van der Waals surface area contributed by atoms with Crippen LogP contribution in [0.25, 0.3) is 0 Å². The number of ether oxygens (including phenoxy) is 1. The smallest absolute Gasteiger partial charge is 0.122 e. The molecule has 1 N–H and O–H groups in total. The topological polar surface area (TPSA) is 21.3 Å². The Balaban J connectivity index is 1.75. The van der Waals surface area contributed by atoms with Crippen molar-refractivity contribution in [2.24, 2.45) is 0 Å². The van der Waals surface area contributed by atoms with Crippen LogP contribution < -0.4 is 10.1 Å². The van der Waals surface area contributed by atoms with E-state index in [-0.39, 0.29) is 0 Å². The number of hydrogen-bond donors (Lipinski definition) is 1. The summed E-state index contributed by atoms with van der Waals surface area (Å²) < 4.78 is 5.62. The molecule has 0 saturated carbocycles. The number of benzene rings is 2. The van der Waals surface area contributed by atoms with E-state index < -0.39 is 0 Å². The van der Waals surface area contributed by atoms with E-state index in [9.17, 15) is 0 Å². The van der Waals surface area contributed by atoms with Crippen molar-refractivity contribution in [1.29, 1.82) is 0 Å². The highest BCUT2D eigenvalue weighted by atomic mass is 32.1. The Bertz CT molecular complexity index is 755. The normalized spacial score (nSPS) is 13.4. The van der Waals surface area contributed by atoms with Gasteiger partial charge in [0.05, 0.1) is 7.11 Å². The molecule has 0 aliphatic rings. The number of methoxy groups -OCH3 is 1. The maximum atomic E-state index is 5.62. The average Bonchev–Trinajstić information content (AvgIpc) is 3.21. The van der Waals surface area contributed by atoms with Gasteiger partial charge < -0.3 is 10.1 Å². The van der Waals surface area contributed by atoms with Gasteiger partial charge in [0, 0.05) is 22.4 Å². The van der Waals surface area contributed by atoms with Gasteiger partial charge in [-0.25, -0.2) is 0 Å². The highest BCUT2D eigenvalue weighted by Crippen LogP contribution is 2.34. The summed E-state index contributed by atoms with van der Waals surface area (Å²) in [6, 6.07) is 23.7. The van der Waals surface area contributed by atoms with Crippen molar-refractivity contribution in [2.75, 3.05) is 13.7 Å². The summed E-state index contributed by atoms with van der Waals surface area (Å²) in [5, 5.41) is 5.80. The van der Waals surface area contributed by atoms with Gasteiger partial charge in [-0.2, -0.15) is 0 Å². The van der Waals surface area contributed by atoms with Crippen LogP contribution in [0.3, 0.4) is 0 Å². The Labute approximate surface area is 154 Å². The minimum absolute atomic E-state index is 0.320. The Hall–Kier alpha value is -2.10. The van der Waals surface area contributed by atoms with Crippen molar-refractivity contribution >= 4 is 11.3 Å². The molecular formula is C22H25NOS. The molecule has 3 aromatic rings. The number of para-hydroxylation sites is 1. The average molecular weight is 352 g/mol. The Kier molecular flexibility index (Phi) is 6.26. The lowest BCUT2D eigenvalue weighted by Crippen LogP contribution is -2.21. The third-order valence-electron chi connectivity index (χ3n) is 4.57. The third kappa shape index (κ3) is 4.50. The van der Waals surface area contributed by atoms with E-state index in [4.69, 9.17) is 4.74 Å². The molecule has 0 amide bonds. The van der Waals surface area contributed by atoms with Crippen LogP contribution in [-0.2, 0) is 0 Å². The molecule has 0 fully saturated rings. The molecule has 0 aliphatic carbocycles. The monoisotopic (exact) mass is 351 g/mol. The first-order chi connectivity index (χ1) is 12.3. The second-order valence-electron chi connectivity index (χ2n) is 6.19. The molecule has 2 atom stereocenters. The Morgan fingerprint density at radius 3 is 2.44 bits per heavy atom. The molecule has 0 spiro atoms. The second-order valence-corrected chi connectivity index (χ2v) is 7.16. The molecule has 0 aliphatic heterocycles. The van der Waals surface area contributed by atoms with Crippen LogP contribution in [0.15, 0.2) is 72.1 Å². The number of nitrogens with one attached hydrogen (secondary N) is 1. The first kappa shape index (κ1) is 17.7. The van der Waals surface area contributed by atoms with E-state index in [2.05, 4.69) is 72.2 Å². The van der Waals surface area contributed by atoms with Gasteiger partial charge in [-0.3, -0.25) is 0 Å². The molecule has 2 nitrogen and oxygen atoms in total. The SMILES string of the molecule is COc1ccccc1[C@H](CCN[C@@H](C)c1cccs1)c1ccccc1. The van der Waals surface area contributed by atoms with Crippen LogP contribution in [-0.4, -0.2) is 13.7 Å². The molecule has 1 heterocycles. The molecule has 130 valence electrons. The molecular weight excluding hydrogens is 326 g/mol. The lowest BCUT2D eigenvalue weighted by molar-refractivity contribution is 0.405. The van der Waals surface area contributed by atoms with E-state index in [1.807, 2.05) is 12.1 Å². The minimum atomic E-state index is 0.320. The Morgan fingerprint density at radius 1 is 0.960 bits per heavy atom. The van der Waals surface area contributed by atoms with E-state index >= 15 is 0 Å². The largest absolute Gasteiger partial charge is 0.496 e. The summed E-state index contributed by atoms with van der Waals surface area (Å²) >= 11 is 1.81. The standard InChI is InChI=1S/C22H25NOS/c1-17(22-13-8-16-25-22)23-15-14-19(18-9-4-3-5-10-18)20-11-6-7-12-21(20)24-2/h3-13,16-17,19,23H,14-15H2,1-2H3/t17-,19+/m0/s1. The zero-order chi connectivity index (χ0) is 17.5. The molecule has 0 saturated heterocycles. The summed E-state index contributed by atoms with van der Waals surface area (Å²) in [6.45, 7) is 3.18. The number of thiophene rings is 1. The van der Waals surface area contributed by atoms with Crippen molar-refractivity contribution in [2.45, 2.75) is 25.3 Å². The van der Waals surface area contributed by atoms with E-state index in [1.54, 1.807) is 18.4 Å². The first-order valence-corrected chi connectivity index (χ1v) is 9.62. The molecule has 3 heteroatoms. The highest BCUT2D eigenvalue weighted by Gasteiger charge is 2.18. The zero-order valence-corrected chi connectivity index (χ0v) is 15.6. The van der Waals surface area contributed by atoms with Crippen molar-refractivity contribution in [3.05, 3.63) is 88.1 Å². The summed E-state index contributed by atoms with van der Waals surface area (Å²) in [5.74, 6) is 1.28. The predicted octanol–water partition coefficient (Wildman–Crippen LogP) is 5.63. The van der Waals surface area contributed by atoms with Crippen LogP contribution in [0.4, 0.5) is 0 Å². The molecule has 1 aromatic heterocycles. The quantitative estimate of drug-likeness (QED) is 0.568. The Morgan fingerprint density at radius 2 is 1.72 bits per heavy atom. The minimum Gasteiger partial charge on any atom is -0.496 e. The summed E-state index contributed by atoms with van der Waals surface area (Å²) in [5.41, 5.74) is 2.58. The van der Waals surface area contributed by atoms with Crippen LogP contribution >= 0.6 is 11.3 Å². The van der Waals surface area contributed by atoms with Crippen LogP contribution in [0.2, 0.25) is 0 Å². The molecule has 3 rings (SSSR count). The molecule has 2 aromatic carbocycles. The second kappa shape index (κ2) is 8.84. The van der Waals surface area contributed by atoms with Gasteiger partial charge in [0.25, 0.3) is 0 Å². The first-order valence-electron chi connectivity index (χ1n) is 8.74. The van der Waals surface area contributed by atoms with Gasteiger partial charge in [-0.15, -0.1) is 11.3 Å². The lowest BCUT2D eigenvalue weighted by Gasteiger charge is -2.22. The maximum absolute atomic E-state index is 5.62. The van der Waals surface area contributed by atoms with Crippen molar-refractivity contribution < 1.29 is 4.74 Å². The number of hydrogen-bond acceptors (Lipinski definition) is 3. The molecule has 25 heavy (non-hydrogen) atoms. The summed E-state index contributed by atoms with van der Waals surface area (Å²) in [4.78, 5) is 1.38.